The van der Waals surface area contributed by atoms with Gasteiger partial charge in [0, 0.05) is 32.1 Å². The number of aromatic nitrogens is 1. The van der Waals surface area contributed by atoms with Crippen LogP contribution in [0, 0.1) is 11.8 Å². The quantitative estimate of drug-likeness (QED) is 0.757. The molecule has 1 aromatic heterocycles. The molecule has 2 N–H and O–H groups in total. The number of carbonyl (C=O) groups excluding carboxylic acids is 3. The number of rotatable bonds is 5. The van der Waals surface area contributed by atoms with Gasteiger partial charge in [0.2, 0.25) is 11.8 Å². The molecule has 1 saturated carbocycles. The minimum absolute atomic E-state index is 0.0195. The number of hydrogen-bond donors (Lipinski definition) is 2. The first-order valence-corrected chi connectivity index (χ1v) is 10.3. The molecule has 1 fully saturated rings. The van der Waals surface area contributed by atoms with Crippen molar-refractivity contribution in [2.75, 3.05) is 24.7 Å². The fourth-order valence-corrected chi connectivity index (χ4v) is 3.74. The number of amides is 3. The number of pyridine rings is 1. The Labute approximate surface area is 180 Å². The summed E-state index contributed by atoms with van der Waals surface area (Å²) in [5, 5.41) is 6.07. The minimum atomic E-state index is -0.374. The highest BCUT2D eigenvalue weighted by atomic mass is 35.5. The van der Waals surface area contributed by atoms with E-state index in [0.29, 0.717) is 47.8 Å². The van der Waals surface area contributed by atoms with Gasteiger partial charge in [-0.15, -0.1) is 0 Å². The Morgan fingerprint density at radius 2 is 1.63 bits per heavy atom. The molecular weight excluding hydrogens is 404 g/mol. The lowest BCUT2D eigenvalue weighted by Gasteiger charge is -2.28. The van der Waals surface area contributed by atoms with Crippen molar-refractivity contribution in [3.63, 3.8) is 0 Å². The Bertz CT molecular complexity index is 922. The highest BCUT2D eigenvalue weighted by Gasteiger charge is 2.31. The van der Waals surface area contributed by atoms with Crippen LogP contribution in [0.15, 0.2) is 42.6 Å². The van der Waals surface area contributed by atoms with E-state index in [1.54, 1.807) is 55.4 Å². The summed E-state index contributed by atoms with van der Waals surface area (Å²) >= 11 is 5.82. The fraction of sp³-hybridized carbons (Fsp3) is 0.364. The molecule has 0 atom stereocenters. The normalized spacial score (nSPS) is 18.4. The molecule has 0 unspecified atom stereocenters. The second kappa shape index (κ2) is 9.71. The van der Waals surface area contributed by atoms with Crippen LogP contribution in [0.1, 0.15) is 36.0 Å². The van der Waals surface area contributed by atoms with Crippen molar-refractivity contribution < 1.29 is 14.4 Å². The molecule has 1 aliphatic rings. The van der Waals surface area contributed by atoms with E-state index in [1.807, 2.05) is 0 Å². The van der Waals surface area contributed by atoms with Crippen LogP contribution in [-0.2, 0) is 9.59 Å². The molecule has 30 heavy (non-hydrogen) atoms. The third-order valence-electron chi connectivity index (χ3n) is 5.29. The first kappa shape index (κ1) is 21.8. The van der Waals surface area contributed by atoms with Crippen molar-refractivity contribution in [1.82, 2.24) is 9.88 Å². The van der Waals surface area contributed by atoms with Crippen LogP contribution in [0.25, 0.3) is 0 Å². The van der Waals surface area contributed by atoms with Gasteiger partial charge in [0.15, 0.2) is 0 Å². The number of anilines is 2. The molecule has 2 aromatic rings. The summed E-state index contributed by atoms with van der Waals surface area (Å²) in [6.45, 7) is 0. The zero-order valence-electron chi connectivity index (χ0n) is 17.0. The van der Waals surface area contributed by atoms with E-state index in [2.05, 4.69) is 15.6 Å². The summed E-state index contributed by atoms with van der Waals surface area (Å²) in [7, 11) is 3.51. The Hall–Kier alpha value is -2.93. The number of benzene rings is 1. The molecule has 0 bridgehead atoms. The van der Waals surface area contributed by atoms with Crippen molar-refractivity contribution in [1.29, 1.82) is 0 Å². The summed E-state index contributed by atoms with van der Waals surface area (Å²) in [5.41, 5.74) is 0.791. The van der Waals surface area contributed by atoms with Crippen LogP contribution in [0.4, 0.5) is 11.5 Å². The standard InChI is InChI=1S/C22H25ClN4O3/c1-27(2)22(30)15-9-7-14(8-10-15)20(28)25-18-6-4-3-5-17(18)21(29)26-19-12-11-16(23)13-24-19/h3-6,11-15H,7-10H2,1-2H3,(H,25,28)(H,24,26,29). The lowest BCUT2D eigenvalue weighted by Crippen LogP contribution is -2.35. The molecule has 8 heteroatoms. The van der Waals surface area contributed by atoms with Gasteiger partial charge >= 0.3 is 0 Å². The fourth-order valence-electron chi connectivity index (χ4n) is 3.63. The summed E-state index contributed by atoms with van der Waals surface area (Å²) < 4.78 is 0. The van der Waals surface area contributed by atoms with E-state index < -0.39 is 0 Å². The van der Waals surface area contributed by atoms with Crippen molar-refractivity contribution >= 4 is 40.8 Å². The van der Waals surface area contributed by atoms with Crippen LogP contribution in [0.3, 0.4) is 0 Å². The van der Waals surface area contributed by atoms with Crippen molar-refractivity contribution in [3.05, 3.63) is 53.2 Å². The number of carbonyl (C=O) groups is 3. The van der Waals surface area contributed by atoms with Crippen LogP contribution >= 0.6 is 11.6 Å². The van der Waals surface area contributed by atoms with Crippen molar-refractivity contribution in [3.8, 4) is 0 Å². The van der Waals surface area contributed by atoms with E-state index >= 15 is 0 Å². The number of nitrogens with one attached hydrogen (secondary N) is 2. The average molecular weight is 429 g/mol. The molecule has 0 spiro atoms. The Kier molecular flexibility index (Phi) is 7.05. The molecule has 0 saturated heterocycles. The molecule has 1 aliphatic carbocycles. The number of nitrogens with zero attached hydrogens (tertiary/aromatic N) is 2. The highest BCUT2D eigenvalue weighted by Crippen LogP contribution is 2.31. The van der Waals surface area contributed by atoms with Crippen LogP contribution < -0.4 is 10.6 Å². The van der Waals surface area contributed by atoms with Gasteiger partial charge in [-0.3, -0.25) is 14.4 Å². The molecule has 158 valence electrons. The van der Waals surface area contributed by atoms with E-state index in [1.165, 1.54) is 6.20 Å². The molecule has 7 nitrogen and oxygen atoms in total. The van der Waals surface area contributed by atoms with Crippen LogP contribution in [0.2, 0.25) is 5.02 Å². The SMILES string of the molecule is CN(C)C(=O)C1CCC(C(=O)Nc2ccccc2C(=O)Nc2ccc(Cl)cn2)CC1. The smallest absolute Gasteiger partial charge is 0.258 e. The molecule has 0 aliphatic heterocycles. The molecule has 3 rings (SSSR count). The number of halogens is 1. The van der Waals surface area contributed by atoms with Gasteiger partial charge in [0.1, 0.15) is 5.82 Å². The summed E-state index contributed by atoms with van der Waals surface area (Å²) in [6, 6.07) is 10.1. The number of hydrogen-bond acceptors (Lipinski definition) is 4. The predicted molar refractivity (Wildman–Crippen MR) is 116 cm³/mol. The lowest BCUT2D eigenvalue weighted by molar-refractivity contribution is -0.135. The summed E-state index contributed by atoms with van der Waals surface area (Å²) in [5.74, 6) is -0.211. The molecule has 3 amide bonds. The van der Waals surface area contributed by atoms with Gasteiger partial charge in [0.05, 0.1) is 16.3 Å². The Morgan fingerprint density at radius 1 is 0.967 bits per heavy atom. The van der Waals surface area contributed by atoms with E-state index in [4.69, 9.17) is 11.6 Å². The molecule has 0 radical (unpaired) electrons. The lowest BCUT2D eigenvalue weighted by atomic mass is 9.81. The molecule has 1 aromatic carbocycles. The zero-order chi connectivity index (χ0) is 21.7. The summed E-state index contributed by atoms with van der Waals surface area (Å²) in [6.07, 6.45) is 4.14. The van der Waals surface area contributed by atoms with E-state index in [9.17, 15) is 14.4 Å². The minimum Gasteiger partial charge on any atom is -0.349 e. The first-order chi connectivity index (χ1) is 14.3. The van der Waals surface area contributed by atoms with Gasteiger partial charge in [-0.1, -0.05) is 23.7 Å². The van der Waals surface area contributed by atoms with Gasteiger partial charge in [-0.05, 0) is 49.9 Å². The van der Waals surface area contributed by atoms with E-state index in [0.717, 1.165) is 0 Å². The molecular formula is C22H25ClN4O3. The van der Waals surface area contributed by atoms with Crippen molar-refractivity contribution in [2.24, 2.45) is 11.8 Å². The second-order valence-electron chi connectivity index (χ2n) is 7.63. The number of para-hydroxylation sites is 1. The summed E-state index contributed by atoms with van der Waals surface area (Å²) in [4.78, 5) is 43.3. The van der Waals surface area contributed by atoms with E-state index in [-0.39, 0.29) is 29.6 Å². The van der Waals surface area contributed by atoms with Gasteiger partial charge in [-0.25, -0.2) is 4.98 Å². The highest BCUT2D eigenvalue weighted by molar-refractivity contribution is 6.30. The Morgan fingerprint density at radius 3 is 2.27 bits per heavy atom. The maximum atomic E-state index is 12.8. The van der Waals surface area contributed by atoms with Crippen molar-refractivity contribution in [2.45, 2.75) is 25.7 Å². The van der Waals surface area contributed by atoms with Crippen LogP contribution in [0.5, 0.6) is 0 Å². The Balaban J connectivity index is 1.63. The topological polar surface area (TPSA) is 91.4 Å². The third-order valence-corrected chi connectivity index (χ3v) is 5.51. The zero-order valence-corrected chi connectivity index (χ0v) is 17.8. The maximum absolute atomic E-state index is 12.8. The first-order valence-electron chi connectivity index (χ1n) is 9.89. The van der Waals surface area contributed by atoms with Crippen LogP contribution in [-0.4, -0.2) is 41.7 Å². The second-order valence-corrected chi connectivity index (χ2v) is 8.07. The average Bonchev–Trinajstić information content (AvgIpc) is 2.75. The van der Waals surface area contributed by atoms with Gasteiger partial charge in [-0.2, -0.15) is 0 Å². The maximum Gasteiger partial charge on any atom is 0.258 e. The third kappa shape index (κ3) is 5.36. The predicted octanol–water partition coefficient (Wildman–Crippen LogP) is 3.82. The largest absolute Gasteiger partial charge is 0.349 e. The van der Waals surface area contributed by atoms with Gasteiger partial charge in [0.25, 0.3) is 5.91 Å². The molecule has 1 heterocycles. The monoisotopic (exact) mass is 428 g/mol. The van der Waals surface area contributed by atoms with Gasteiger partial charge < -0.3 is 15.5 Å².